The number of pyridine rings is 1. The van der Waals surface area contributed by atoms with Crippen LogP contribution in [0.2, 0.25) is 0 Å². The van der Waals surface area contributed by atoms with E-state index in [2.05, 4.69) is 15.2 Å². The fraction of sp³-hybridized carbons (Fsp3) is 0.400. The third kappa shape index (κ3) is 3.55. The van der Waals surface area contributed by atoms with E-state index in [4.69, 9.17) is 5.41 Å². The second kappa shape index (κ2) is 8.37. The molecule has 6 nitrogen and oxygen atoms in total. The number of nitrogens with zero attached hydrogens (tertiary/aromatic N) is 3. The monoisotopic (exact) mass is 433 g/mol. The molecule has 1 amide bonds. The van der Waals surface area contributed by atoms with E-state index in [-0.39, 0.29) is 17.4 Å². The predicted octanol–water partition coefficient (Wildman–Crippen LogP) is 4.73. The number of nitrogens with one attached hydrogen (secondary N) is 2. The van der Waals surface area contributed by atoms with Gasteiger partial charge >= 0.3 is 0 Å². The van der Waals surface area contributed by atoms with E-state index >= 15 is 0 Å². The zero-order chi connectivity index (χ0) is 22.2. The number of amides is 1. The summed E-state index contributed by atoms with van der Waals surface area (Å²) in [6.45, 7) is 0.819. The van der Waals surface area contributed by atoms with Crippen molar-refractivity contribution in [1.82, 2.24) is 14.3 Å². The first-order valence-electron chi connectivity index (χ1n) is 11.4. The molecule has 0 radical (unpaired) electrons. The van der Waals surface area contributed by atoms with Gasteiger partial charge in [-0.2, -0.15) is 0 Å². The summed E-state index contributed by atoms with van der Waals surface area (Å²) in [5.41, 5.74) is 3.28. The summed E-state index contributed by atoms with van der Waals surface area (Å²) in [6, 6.07) is 8.75. The molecule has 166 valence electrons. The molecule has 32 heavy (non-hydrogen) atoms. The van der Waals surface area contributed by atoms with Crippen molar-refractivity contribution in [3.8, 4) is 0 Å². The minimum atomic E-state index is -0.387. The number of halogens is 1. The molecule has 2 N–H and O–H groups in total. The van der Waals surface area contributed by atoms with Gasteiger partial charge in [-0.1, -0.05) is 12.8 Å². The van der Waals surface area contributed by atoms with Crippen molar-refractivity contribution in [3.63, 3.8) is 0 Å². The second-order valence-corrected chi connectivity index (χ2v) is 8.86. The standard InChI is InChI=1S/C25H28FN5O/c1-28-20-13-17(25(32)30-12-4-6-16-5-2-3-7-21(16)30)8-10-19(20)24(27)22-14-29-23-11-9-18(26)15-31(22)23/h8-11,13-16,21,27-28H,2-7,12H2,1H3. The number of piperidine rings is 1. The molecule has 1 aliphatic heterocycles. The van der Waals surface area contributed by atoms with Crippen molar-refractivity contribution in [2.45, 2.75) is 44.6 Å². The highest BCUT2D eigenvalue weighted by Crippen LogP contribution is 2.36. The van der Waals surface area contributed by atoms with E-state index in [9.17, 15) is 9.18 Å². The van der Waals surface area contributed by atoms with Gasteiger partial charge in [-0.25, -0.2) is 9.37 Å². The smallest absolute Gasteiger partial charge is 0.254 e. The SMILES string of the molecule is CNc1cc(C(=O)N2CCCC3CCCCC32)ccc1C(=N)c1cnc2ccc(F)cn12. The average Bonchev–Trinajstić information content (AvgIpc) is 3.25. The van der Waals surface area contributed by atoms with Crippen molar-refractivity contribution in [1.29, 1.82) is 5.41 Å². The number of carbonyl (C=O) groups excluding carboxylic acids is 1. The van der Waals surface area contributed by atoms with Crippen molar-refractivity contribution in [2.75, 3.05) is 18.9 Å². The molecule has 1 saturated carbocycles. The average molecular weight is 434 g/mol. The lowest BCUT2D eigenvalue weighted by atomic mass is 9.78. The van der Waals surface area contributed by atoms with Crippen LogP contribution in [-0.4, -0.2) is 45.5 Å². The lowest BCUT2D eigenvalue weighted by Gasteiger charge is -2.44. The van der Waals surface area contributed by atoms with Gasteiger partial charge in [0.15, 0.2) is 0 Å². The van der Waals surface area contributed by atoms with Crippen molar-refractivity contribution >= 4 is 23.0 Å². The molecule has 2 aliphatic rings. The van der Waals surface area contributed by atoms with Gasteiger partial charge < -0.3 is 10.2 Å². The number of rotatable bonds is 4. The number of benzene rings is 1. The number of imidazole rings is 1. The van der Waals surface area contributed by atoms with Crippen LogP contribution in [-0.2, 0) is 0 Å². The van der Waals surface area contributed by atoms with Crippen LogP contribution >= 0.6 is 0 Å². The third-order valence-electron chi connectivity index (χ3n) is 7.03. The number of anilines is 1. The van der Waals surface area contributed by atoms with E-state index in [1.807, 2.05) is 18.2 Å². The van der Waals surface area contributed by atoms with E-state index in [0.29, 0.717) is 40.1 Å². The molecule has 3 aromatic rings. The molecule has 7 heteroatoms. The van der Waals surface area contributed by atoms with Crippen molar-refractivity contribution in [3.05, 3.63) is 65.4 Å². The van der Waals surface area contributed by atoms with Gasteiger partial charge in [0.2, 0.25) is 0 Å². The van der Waals surface area contributed by atoms with Crippen LogP contribution in [0.15, 0.2) is 42.7 Å². The molecule has 0 bridgehead atoms. The van der Waals surface area contributed by atoms with Gasteiger partial charge in [0.05, 0.1) is 17.6 Å². The summed E-state index contributed by atoms with van der Waals surface area (Å²) in [5.74, 6) is 0.322. The van der Waals surface area contributed by atoms with Crippen LogP contribution in [0.5, 0.6) is 0 Å². The summed E-state index contributed by atoms with van der Waals surface area (Å²) in [4.78, 5) is 19.8. The lowest BCUT2D eigenvalue weighted by Crippen LogP contribution is -2.49. The second-order valence-electron chi connectivity index (χ2n) is 8.86. The maximum atomic E-state index is 13.8. The van der Waals surface area contributed by atoms with Gasteiger partial charge in [0.1, 0.15) is 11.5 Å². The molecule has 3 heterocycles. The fourth-order valence-corrected chi connectivity index (χ4v) is 5.42. The normalized spacial score (nSPS) is 20.8. The van der Waals surface area contributed by atoms with Gasteiger partial charge in [-0.3, -0.25) is 14.6 Å². The Morgan fingerprint density at radius 1 is 1.16 bits per heavy atom. The minimum absolute atomic E-state index is 0.0769. The Bertz CT molecular complexity index is 1180. The highest BCUT2D eigenvalue weighted by atomic mass is 19.1. The Hall–Kier alpha value is -3.22. The molecule has 1 aliphatic carbocycles. The molecule has 2 unspecified atom stereocenters. The van der Waals surface area contributed by atoms with Crippen molar-refractivity contribution in [2.24, 2.45) is 5.92 Å². The van der Waals surface area contributed by atoms with E-state index in [1.165, 1.54) is 37.9 Å². The summed E-state index contributed by atoms with van der Waals surface area (Å²) in [5, 5.41) is 11.9. The Balaban J connectivity index is 1.45. The highest BCUT2D eigenvalue weighted by molar-refractivity contribution is 6.14. The van der Waals surface area contributed by atoms with Crippen LogP contribution in [0.1, 0.15) is 60.1 Å². The van der Waals surface area contributed by atoms with Crippen LogP contribution in [0, 0.1) is 17.1 Å². The summed E-state index contributed by atoms with van der Waals surface area (Å²) >= 11 is 0. The topological polar surface area (TPSA) is 73.5 Å². The molecular formula is C25H28FN5O. The Morgan fingerprint density at radius 2 is 1.97 bits per heavy atom. The molecule has 2 fully saturated rings. The van der Waals surface area contributed by atoms with Crippen LogP contribution < -0.4 is 5.32 Å². The number of carbonyl (C=O) groups is 1. The van der Waals surface area contributed by atoms with Crippen LogP contribution in [0.4, 0.5) is 10.1 Å². The first-order valence-corrected chi connectivity index (χ1v) is 11.4. The molecular weight excluding hydrogens is 405 g/mol. The maximum Gasteiger partial charge on any atom is 0.254 e. The molecule has 2 aromatic heterocycles. The maximum absolute atomic E-state index is 13.8. The Morgan fingerprint density at radius 3 is 2.81 bits per heavy atom. The Kier molecular flexibility index (Phi) is 5.41. The highest BCUT2D eigenvalue weighted by Gasteiger charge is 2.36. The number of fused-ring (bicyclic) bond motifs is 2. The van der Waals surface area contributed by atoms with Crippen molar-refractivity contribution < 1.29 is 9.18 Å². The summed E-state index contributed by atoms with van der Waals surface area (Å²) < 4.78 is 15.3. The van der Waals surface area contributed by atoms with Gasteiger partial charge in [-0.15, -0.1) is 0 Å². The van der Waals surface area contributed by atoms with Gasteiger partial charge in [0.25, 0.3) is 5.91 Å². The first-order chi connectivity index (χ1) is 15.6. The molecule has 1 saturated heterocycles. The summed E-state index contributed by atoms with van der Waals surface area (Å²) in [6.07, 6.45) is 10.0. The van der Waals surface area contributed by atoms with Gasteiger partial charge in [-0.05, 0) is 61.9 Å². The van der Waals surface area contributed by atoms with Gasteiger partial charge in [0, 0.05) is 42.6 Å². The van der Waals surface area contributed by atoms with Crippen LogP contribution in [0.25, 0.3) is 5.65 Å². The van der Waals surface area contributed by atoms with E-state index < -0.39 is 0 Å². The zero-order valence-corrected chi connectivity index (χ0v) is 18.3. The number of hydrogen-bond donors (Lipinski definition) is 2. The number of aromatic nitrogens is 2. The lowest BCUT2D eigenvalue weighted by molar-refractivity contribution is 0.0391. The third-order valence-corrected chi connectivity index (χ3v) is 7.03. The summed E-state index contributed by atoms with van der Waals surface area (Å²) in [7, 11) is 1.78. The molecule has 0 spiro atoms. The quantitative estimate of drug-likeness (QED) is 0.585. The first kappa shape index (κ1) is 20.7. The molecule has 5 rings (SSSR count). The molecule has 2 atom stereocenters. The minimum Gasteiger partial charge on any atom is -0.388 e. The van der Waals surface area contributed by atoms with E-state index in [1.54, 1.807) is 23.7 Å². The number of likely N-dealkylation sites (tertiary alicyclic amines) is 1. The Labute approximate surface area is 187 Å². The van der Waals surface area contributed by atoms with Crippen LogP contribution in [0.3, 0.4) is 0 Å². The number of hydrogen-bond acceptors (Lipinski definition) is 4. The fourth-order valence-electron chi connectivity index (χ4n) is 5.42. The zero-order valence-electron chi connectivity index (χ0n) is 18.3. The van der Waals surface area contributed by atoms with E-state index in [0.717, 1.165) is 19.4 Å². The molecule has 1 aromatic carbocycles. The largest absolute Gasteiger partial charge is 0.388 e. The predicted molar refractivity (Wildman–Crippen MR) is 123 cm³/mol.